The highest BCUT2D eigenvalue weighted by atomic mass is 16.5. The zero-order valence-corrected chi connectivity index (χ0v) is 14.9. The smallest absolute Gasteiger partial charge is 0.330 e. The minimum absolute atomic E-state index is 0.345. The van der Waals surface area contributed by atoms with Gasteiger partial charge in [0.25, 0.3) is 0 Å². The molecule has 0 unspecified atom stereocenters. The van der Waals surface area contributed by atoms with Gasteiger partial charge in [0.1, 0.15) is 5.75 Å². The molecular formula is C23H24O3. The van der Waals surface area contributed by atoms with Crippen molar-refractivity contribution in [3.8, 4) is 5.75 Å². The van der Waals surface area contributed by atoms with Crippen LogP contribution in [0.4, 0.5) is 0 Å². The number of esters is 1. The summed E-state index contributed by atoms with van der Waals surface area (Å²) in [7, 11) is 0. The van der Waals surface area contributed by atoms with Crippen LogP contribution in [-0.2, 0) is 16.0 Å². The summed E-state index contributed by atoms with van der Waals surface area (Å²) in [6.45, 7) is 4.25. The monoisotopic (exact) mass is 348 g/mol. The molecule has 1 aliphatic carbocycles. The first-order chi connectivity index (χ1) is 12.8. The van der Waals surface area contributed by atoms with Crippen LogP contribution in [-0.4, -0.2) is 19.2 Å². The molecule has 0 radical (unpaired) electrons. The van der Waals surface area contributed by atoms with Gasteiger partial charge in [0, 0.05) is 18.1 Å². The molecule has 26 heavy (non-hydrogen) atoms. The molecule has 134 valence electrons. The molecule has 0 saturated carbocycles. The van der Waals surface area contributed by atoms with Crippen LogP contribution in [0.1, 0.15) is 36.0 Å². The normalized spacial score (nSPS) is 13.2. The minimum atomic E-state index is -0.392. The van der Waals surface area contributed by atoms with Crippen molar-refractivity contribution in [1.29, 1.82) is 0 Å². The van der Waals surface area contributed by atoms with E-state index >= 15 is 0 Å². The van der Waals surface area contributed by atoms with Crippen molar-refractivity contribution in [3.05, 3.63) is 77.9 Å². The number of hydrogen-bond acceptors (Lipinski definition) is 3. The Kier molecular flexibility index (Phi) is 6.26. The second-order valence-corrected chi connectivity index (χ2v) is 6.29. The lowest BCUT2D eigenvalue weighted by atomic mass is 10.0. The van der Waals surface area contributed by atoms with E-state index in [9.17, 15) is 4.79 Å². The molecule has 0 atom stereocenters. The van der Waals surface area contributed by atoms with E-state index in [0.717, 1.165) is 25.0 Å². The van der Waals surface area contributed by atoms with Gasteiger partial charge in [-0.25, -0.2) is 4.79 Å². The second-order valence-electron chi connectivity index (χ2n) is 6.29. The van der Waals surface area contributed by atoms with Gasteiger partial charge in [0.05, 0.1) is 13.2 Å². The average molecular weight is 348 g/mol. The van der Waals surface area contributed by atoms with E-state index < -0.39 is 5.97 Å². The maximum absolute atomic E-state index is 11.0. The molecule has 0 aromatic heterocycles. The number of allylic oxidation sites excluding steroid dienone is 1. The molecule has 0 N–H and O–H groups in total. The first-order valence-corrected chi connectivity index (χ1v) is 9.08. The van der Waals surface area contributed by atoms with E-state index in [0.29, 0.717) is 19.6 Å². The molecular weight excluding hydrogens is 324 g/mol. The molecule has 3 rings (SSSR count). The third-order valence-electron chi connectivity index (χ3n) is 4.47. The predicted octanol–water partition coefficient (Wildman–Crippen LogP) is 5.06. The topological polar surface area (TPSA) is 35.5 Å². The van der Waals surface area contributed by atoms with E-state index in [1.165, 1.54) is 28.3 Å². The van der Waals surface area contributed by atoms with Gasteiger partial charge in [-0.1, -0.05) is 55.1 Å². The van der Waals surface area contributed by atoms with Crippen LogP contribution in [0.3, 0.4) is 0 Å². The molecule has 0 spiro atoms. The van der Waals surface area contributed by atoms with Crippen molar-refractivity contribution in [2.24, 2.45) is 0 Å². The number of hydrogen-bond donors (Lipinski definition) is 0. The number of benzene rings is 2. The van der Waals surface area contributed by atoms with Gasteiger partial charge in [-0.05, 0) is 42.0 Å². The van der Waals surface area contributed by atoms with Crippen molar-refractivity contribution in [1.82, 2.24) is 0 Å². The lowest BCUT2D eigenvalue weighted by Gasteiger charge is -2.13. The van der Waals surface area contributed by atoms with Gasteiger partial charge in [0.15, 0.2) is 0 Å². The van der Waals surface area contributed by atoms with Crippen LogP contribution in [0.25, 0.3) is 11.6 Å². The highest BCUT2D eigenvalue weighted by Gasteiger charge is 2.14. The first-order valence-electron chi connectivity index (χ1n) is 9.08. The molecule has 0 saturated heterocycles. The van der Waals surface area contributed by atoms with Crippen molar-refractivity contribution in [3.63, 3.8) is 0 Å². The molecule has 0 amide bonds. The molecule has 0 heterocycles. The van der Waals surface area contributed by atoms with Crippen LogP contribution >= 0.6 is 0 Å². The van der Waals surface area contributed by atoms with Gasteiger partial charge in [-0.2, -0.15) is 0 Å². The fourth-order valence-corrected chi connectivity index (χ4v) is 3.19. The summed E-state index contributed by atoms with van der Waals surface area (Å²) >= 11 is 0. The zero-order chi connectivity index (χ0) is 18.2. The van der Waals surface area contributed by atoms with E-state index in [-0.39, 0.29) is 0 Å². The largest absolute Gasteiger partial charge is 0.493 e. The van der Waals surface area contributed by atoms with E-state index in [1.807, 2.05) is 18.2 Å². The SMILES string of the molecule is C=CC(=O)OCCCOc1cccc2c1CCCC(c1ccccc1)=C2. The number of carbonyl (C=O) groups excluding carboxylic acids is 1. The zero-order valence-electron chi connectivity index (χ0n) is 14.9. The highest BCUT2D eigenvalue weighted by molar-refractivity contribution is 5.83. The number of fused-ring (bicyclic) bond motifs is 1. The molecule has 2 aromatic rings. The van der Waals surface area contributed by atoms with Crippen LogP contribution in [0.5, 0.6) is 5.75 Å². The van der Waals surface area contributed by atoms with E-state index in [4.69, 9.17) is 9.47 Å². The molecule has 3 nitrogen and oxygen atoms in total. The molecule has 2 aromatic carbocycles. The molecule has 1 aliphatic rings. The maximum Gasteiger partial charge on any atom is 0.330 e. The van der Waals surface area contributed by atoms with E-state index in [1.54, 1.807) is 0 Å². The quantitative estimate of drug-likeness (QED) is 0.398. The van der Waals surface area contributed by atoms with Crippen LogP contribution < -0.4 is 4.74 Å². The lowest BCUT2D eigenvalue weighted by molar-refractivity contribution is -0.137. The van der Waals surface area contributed by atoms with Gasteiger partial charge >= 0.3 is 5.97 Å². The summed E-state index contributed by atoms with van der Waals surface area (Å²) in [5.41, 5.74) is 5.16. The highest BCUT2D eigenvalue weighted by Crippen LogP contribution is 2.33. The minimum Gasteiger partial charge on any atom is -0.493 e. The van der Waals surface area contributed by atoms with E-state index in [2.05, 4.69) is 43.0 Å². The van der Waals surface area contributed by atoms with Gasteiger partial charge in [-0.15, -0.1) is 0 Å². The Bertz CT molecular complexity index is 790. The second kappa shape index (κ2) is 9.04. The summed E-state index contributed by atoms with van der Waals surface area (Å²) in [6, 6.07) is 16.8. The first kappa shape index (κ1) is 18.0. The molecule has 0 fully saturated rings. The van der Waals surface area contributed by atoms with Crippen LogP contribution in [0.15, 0.2) is 61.2 Å². The molecule has 3 heteroatoms. The summed E-state index contributed by atoms with van der Waals surface area (Å²) in [5.74, 6) is 0.542. The molecule has 0 bridgehead atoms. The summed E-state index contributed by atoms with van der Waals surface area (Å²) in [6.07, 6.45) is 7.30. The van der Waals surface area contributed by atoms with Crippen molar-refractivity contribution in [2.45, 2.75) is 25.7 Å². The van der Waals surface area contributed by atoms with Gasteiger partial charge < -0.3 is 9.47 Å². The third-order valence-corrected chi connectivity index (χ3v) is 4.47. The standard InChI is InChI=1S/C23H24O3/c1-2-23(24)26-16-8-15-25-22-14-7-12-20-17-19(11-6-13-21(20)22)18-9-4-3-5-10-18/h2-5,7,9-10,12,14,17H,1,6,8,11,13,15-16H2. The summed E-state index contributed by atoms with van der Waals surface area (Å²) in [4.78, 5) is 11.0. The van der Waals surface area contributed by atoms with Crippen molar-refractivity contribution >= 4 is 17.6 Å². The Morgan fingerprint density at radius 2 is 1.88 bits per heavy atom. The third kappa shape index (κ3) is 4.63. The number of ether oxygens (including phenoxy) is 2. The van der Waals surface area contributed by atoms with Gasteiger partial charge in [-0.3, -0.25) is 0 Å². The van der Waals surface area contributed by atoms with Gasteiger partial charge in [0.2, 0.25) is 0 Å². The molecule has 0 aliphatic heterocycles. The lowest BCUT2D eigenvalue weighted by Crippen LogP contribution is -2.07. The average Bonchev–Trinajstić information content (AvgIpc) is 2.91. The fourth-order valence-electron chi connectivity index (χ4n) is 3.19. The Labute approximate surface area is 155 Å². The fraction of sp³-hybridized carbons (Fsp3) is 0.261. The maximum atomic E-state index is 11.0. The Morgan fingerprint density at radius 3 is 2.69 bits per heavy atom. The van der Waals surface area contributed by atoms with Crippen molar-refractivity contribution in [2.75, 3.05) is 13.2 Å². The Hall–Kier alpha value is -2.81. The summed E-state index contributed by atoms with van der Waals surface area (Å²) in [5, 5.41) is 0. The number of carbonyl (C=O) groups is 1. The number of rotatable bonds is 7. The van der Waals surface area contributed by atoms with Crippen LogP contribution in [0, 0.1) is 0 Å². The Balaban J connectivity index is 1.69. The van der Waals surface area contributed by atoms with Crippen molar-refractivity contribution < 1.29 is 14.3 Å². The van der Waals surface area contributed by atoms with Crippen LogP contribution in [0.2, 0.25) is 0 Å². The summed E-state index contributed by atoms with van der Waals surface area (Å²) < 4.78 is 10.9. The Morgan fingerprint density at radius 1 is 1.04 bits per heavy atom. The predicted molar refractivity (Wildman–Crippen MR) is 105 cm³/mol.